The highest BCUT2D eigenvalue weighted by Crippen LogP contribution is 2.38. The molecule has 0 fully saturated rings. The molecule has 1 aromatic carbocycles. The van der Waals surface area contributed by atoms with Crippen LogP contribution in [0.3, 0.4) is 0 Å². The molecule has 9 heteroatoms. The van der Waals surface area contributed by atoms with E-state index in [4.69, 9.17) is 14.2 Å². The van der Waals surface area contributed by atoms with Crippen molar-refractivity contribution in [3.05, 3.63) is 33.8 Å². The van der Waals surface area contributed by atoms with Crippen LogP contribution >= 0.6 is 35.3 Å². The second kappa shape index (κ2) is 12.7. The largest absolute Gasteiger partial charge is 0.493 e. The lowest BCUT2D eigenvalue weighted by molar-refractivity contribution is 0.324. The van der Waals surface area contributed by atoms with Crippen molar-refractivity contribution in [2.45, 2.75) is 39.8 Å². The molecule has 29 heavy (non-hydrogen) atoms. The zero-order valence-electron chi connectivity index (χ0n) is 17.9. The lowest BCUT2D eigenvalue weighted by Crippen LogP contribution is -2.36. The van der Waals surface area contributed by atoms with Crippen molar-refractivity contribution in [1.29, 1.82) is 0 Å². The lowest BCUT2D eigenvalue weighted by Gasteiger charge is -2.14. The van der Waals surface area contributed by atoms with Crippen molar-refractivity contribution in [2.24, 2.45) is 4.99 Å². The van der Waals surface area contributed by atoms with Gasteiger partial charge in [-0.2, -0.15) is 0 Å². The van der Waals surface area contributed by atoms with Crippen molar-refractivity contribution in [2.75, 3.05) is 27.9 Å². The minimum absolute atomic E-state index is 0. The van der Waals surface area contributed by atoms with E-state index >= 15 is 0 Å². The van der Waals surface area contributed by atoms with Crippen LogP contribution in [0.25, 0.3) is 0 Å². The molecule has 0 radical (unpaired) electrons. The van der Waals surface area contributed by atoms with Crippen LogP contribution in [0.4, 0.5) is 0 Å². The molecule has 0 bridgehead atoms. The van der Waals surface area contributed by atoms with Gasteiger partial charge in [0.25, 0.3) is 0 Å². The number of aromatic nitrogens is 1. The first-order valence-corrected chi connectivity index (χ1v) is 10.2. The third kappa shape index (κ3) is 7.22. The number of rotatable bonds is 9. The maximum atomic E-state index is 5.41. The van der Waals surface area contributed by atoms with Crippen molar-refractivity contribution < 1.29 is 14.2 Å². The van der Waals surface area contributed by atoms with Crippen LogP contribution in [-0.2, 0) is 13.1 Å². The Balaban J connectivity index is 0.00000420. The topological polar surface area (TPSA) is 77.0 Å². The summed E-state index contributed by atoms with van der Waals surface area (Å²) in [4.78, 5) is 9.32. The molecule has 2 rings (SSSR count). The third-order valence-corrected chi connectivity index (χ3v) is 5.18. The van der Waals surface area contributed by atoms with Gasteiger partial charge in [-0.3, -0.25) is 0 Å². The van der Waals surface area contributed by atoms with Crippen molar-refractivity contribution in [1.82, 2.24) is 15.6 Å². The first-order chi connectivity index (χ1) is 13.5. The highest BCUT2D eigenvalue weighted by Gasteiger charge is 2.13. The fraction of sp³-hybridized carbons (Fsp3) is 0.500. The summed E-state index contributed by atoms with van der Waals surface area (Å²) in [6, 6.07) is 3.81. The van der Waals surface area contributed by atoms with Gasteiger partial charge in [0, 0.05) is 17.8 Å². The number of methoxy groups -OCH3 is 3. The summed E-state index contributed by atoms with van der Waals surface area (Å²) < 4.78 is 16.2. The van der Waals surface area contributed by atoms with Gasteiger partial charge < -0.3 is 24.8 Å². The molecule has 0 saturated heterocycles. The molecule has 0 aliphatic carbocycles. The Morgan fingerprint density at radius 1 is 1.10 bits per heavy atom. The monoisotopic (exact) mass is 534 g/mol. The van der Waals surface area contributed by atoms with E-state index in [1.807, 2.05) is 19.1 Å². The second-order valence-corrected chi connectivity index (χ2v) is 7.30. The van der Waals surface area contributed by atoms with Gasteiger partial charge in [0.15, 0.2) is 17.5 Å². The summed E-state index contributed by atoms with van der Waals surface area (Å²) in [5, 5.41) is 9.83. The minimum Gasteiger partial charge on any atom is -0.493 e. The normalized spacial score (nSPS) is 11.1. The van der Waals surface area contributed by atoms with Gasteiger partial charge in [-0.1, -0.05) is 13.8 Å². The van der Waals surface area contributed by atoms with Gasteiger partial charge in [0.1, 0.15) is 0 Å². The van der Waals surface area contributed by atoms with E-state index in [1.165, 1.54) is 0 Å². The number of hydrogen-bond donors (Lipinski definition) is 2. The molecule has 2 aromatic rings. The van der Waals surface area contributed by atoms with E-state index < -0.39 is 0 Å². The summed E-state index contributed by atoms with van der Waals surface area (Å²) >= 11 is 1.69. The first-order valence-electron chi connectivity index (χ1n) is 9.27. The van der Waals surface area contributed by atoms with Gasteiger partial charge in [-0.05, 0) is 24.6 Å². The molecule has 0 spiro atoms. The summed E-state index contributed by atoms with van der Waals surface area (Å²) in [7, 11) is 4.80. The number of benzene rings is 1. The molecule has 0 unspecified atom stereocenters. The van der Waals surface area contributed by atoms with E-state index in [2.05, 4.69) is 39.8 Å². The number of ether oxygens (including phenoxy) is 3. The molecule has 0 saturated carbocycles. The second-order valence-electron chi connectivity index (χ2n) is 6.41. The van der Waals surface area contributed by atoms with Gasteiger partial charge in [-0.15, -0.1) is 35.3 Å². The maximum absolute atomic E-state index is 5.41. The Labute approximate surface area is 194 Å². The molecule has 7 nitrogen and oxygen atoms in total. The van der Waals surface area contributed by atoms with Crippen LogP contribution in [0, 0.1) is 0 Å². The molecular weight excluding hydrogens is 503 g/mol. The van der Waals surface area contributed by atoms with E-state index in [0.29, 0.717) is 36.3 Å². The molecule has 1 aromatic heterocycles. The minimum atomic E-state index is 0. The first kappa shape index (κ1) is 25.3. The average Bonchev–Trinajstić information content (AvgIpc) is 3.18. The molecule has 0 amide bonds. The van der Waals surface area contributed by atoms with Crippen LogP contribution in [0.15, 0.2) is 22.5 Å². The molecule has 0 aliphatic heterocycles. The van der Waals surface area contributed by atoms with Crippen molar-refractivity contribution >= 4 is 41.3 Å². The molecule has 2 N–H and O–H groups in total. The SMILES string of the molecule is CCNC(=NCc1cc(OC)c(OC)c(OC)c1)NCc1csc(C(C)C)n1.I. The molecule has 0 aliphatic rings. The molecule has 0 atom stereocenters. The Morgan fingerprint density at radius 2 is 1.76 bits per heavy atom. The smallest absolute Gasteiger partial charge is 0.203 e. The number of halogens is 1. The Morgan fingerprint density at radius 3 is 2.24 bits per heavy atom. The van der Waals surface area contributed by atoms with Gasteiger partial charge in [0.05, 0.1) is 45.1 Å². The Kier molecular flexibility index (Phi) is 11.1. The summed E-state index contributed by atoms with van der Waals surface area (Å²) in [6.07, 6.45) is 0. The number of aliphatic imine (C=N–C) groups is 1. The highest BCUT2D eigenvalue weighted by atomic mass is 127. The predicted molar refractivity (Wildman–Crippen MR) is 129 cm³/mol. The van der Waals surface area contributed by atoms with Crippen LogP contribution in [0.5, 0.6) is 17.2 Å². The number of hydrogen-bond acceptors (Lipinski definition) is 6. The average molecular weight is 534 g/mol. The van der Waals surface area contributed by atoms with Gasteiger partial charge in [-0.25, -0.2) is 9.98 Å². The maximum Gasteiger partial charge on any atom is 0.203 e. The fourth-order valence-corrected chi connectivity index (χ4v) is 3.42. The van der Waals surface area contributed by atoms with Crippen LogP contribution in [0.1, 0.15) is 43.0 Å². The molecule has 1 heterocycles. The van der Waals surface area contributed by atoms with Gasteiger partial charge >= 0.3 is 0 Å². The summed E-state index contributed by atoms with van der Waals surface area (Å²) in [6.45, 7) is 8.22. The molecular formula is C20H31IN4O3S. The van der Waals surface area contributed by atoms with E-state index in [0.717, 1.165) is 28.8 Å². The van der Waals surface area contributed by atoms with E-state index in [9.17, 15) is 0 Å². The highest BCUT2D eigenvalue weighted by molar-refractivity contribution is 14.0. The van der Waals surface area contributed by atoms with Crippen LogP contribution < -0.4 is 24.8 Å². The number of nitrogens with one attached hydrogen (secondary N) is 2. The number of thiazole rings is 1. The fourth-order valence-electron chi connectivity index (χ4n) is 2.58. The van der Waals surface area contributed by atoms with E-state index in [1.54, 1.807) is 32.7 Å². The van der Waals surface area contributed by atoms with Crippen LogP contribution in [0.2, 0.25) is 0 Å². The number of guanidine groups is 1. The van der Waals surface area contributed by atoms with Crippen molar-refractivity contribution in [3.8, 4) is 17.2 Å². The van der Waals surface area contributed by atoms with Crippen molar-refractivity contribution in [3.63, 3.8) is 0 Å². The Bertz CT molecular complexity index is 771. The standard InChI is InChI=1S/C20H30N4O3S.HI/c1-7-21-20(23-11-15-12-28-19(24-15)13(2)3)22-10-14-8-16(25-4)18(27-6)17(9-14)26-5;/h8-9,12-13H,7,10-11H2,1-6H3,(H2,21,22,23);1H. The third-order valence-electron chi connectivity index (χ3n) is 3.99. The predicted octanol–water partition coefficient (Wildman–Crippen LogP) is 4.17. The van der Waals surface area contributed by atoms with Crippen LogP contribution in [-0.4, -0.2) is 38.8 Å². The summed E-state index contributed by atoms with van der Waals surface area (Å²) in [5.74, 6) is 2.99. The molecule has 162 valence electrons. The number of nitrogens with zero attached hydrogens (tertiary/aromatic N) is 2. The quantitative estimate of drug-likeness (QED) is 0.286. The Hall–Kier alpha value is -1.75. The zero-order chi connectivity index (χ0) is 20.5. The van der Waals surface area contributed by atoms with Gasteiger partial charge in [0.2, 0.25) is 5.75 Å². The zero-order valence-corrected chi connectivity index (χ0v) is 21.0. The lowest BCUT2D eigenvalue weighted by atomic mass is 10.2. The summed E-state index contributed by atoms with van der Waals surface area (Å²) in [5.41, 5.74) is 1.98. The van der Waals surface area contributed by atoms with E-state index in [-0.39, 0.29) is 24.0 Å².